The van der Waals surface area contributed by atoms with E-state index in [1.807, 2.05) is 0 Å². The molecule has 126 valence electrons. The zero-order chi connectivity index (χ0) is 16.7. The van der Waals surface area contributed by atoms with E-state index < -0.39 is 18.0 Å². The third-order valence-electron chi connectivity index (χ3n) is 4.76. The van der Waals surface area contributed by atoms with Crippen molar-refractivity contribution in [1.82, 2.24) is 14.8 Å². The molecule has 2 saturated heterocycles. The predicted octanol–water partition coefficient (Wildman–Crippen LogP) is 2.68. The van der Waals surface area contributed by atoms with E-state index in [9.17, 15) is 18.0 Å². The lowest BCUT2D eigenvalue weighted by Gasteiger charge is -2.52. The molecule has 0 atom stereocenters. The molecule has 0 unspecified atom stereocenters. The maximum Gasteiger partial charge on any atom is 0.433 e. The molecule has 0 saturated carbocycles. The van der Waals surface area contributed by atoms with E-state index in [0.29, 0.717) is 19.6 Å². The van der Waals surface area contributed by atoms with Gasteiger partial charge in [0.1, 0.15) is 5.69 Å². The summed E-state index contributed by atoms with van der Waals surface area (Å²) >= 11 is 0. The number of halogens is 3. The fourth-order valence-electron chi connectivity index (χ4n) is 3.34. The molecule has 0 radical (unpaired) electrons. The Labute approximate surface area is 131 Å². The van der Waals surface area contributed by atoms with Crippen LogP contribution in [0.1, 0.15) is 24.1 Å². The summed E-state index contributed by atoms with van der Waals surface area (Å²) in [6, 6.07) is 2.48. The van der Waals surface area contributed by atoms with Gasteiger partial charge < -0.3 is 10.0 Å². The molecular weight excluding hydrogens is 311 g/mol. The third-order valence-corrected chi connectivity index (χ3v) is 4.76. The van der Waals surface area contributed by atoms with E-state index in [1.54, 1.807) is 0 Å². The van der Waals surface area contributed by atoms with Gasteiger partial charge in [0.05, 0.1) is 0 Å². The van der Waals surface area contributed by atoms with Gasteiger partial charge in [0.2, 0.25) is 0 Å². The molecule has 2 fully saturated rings. The Kier molecular flexibility index (Phi) is 3.95. The molecule has 0 aromatic carbocycles. The van der Waals surface area contributed by atoms with Crippen molar-refractivity contribution in [2.75, 3.05) is 26.2 Å². The molecule has 2 aliphatic heterocycles. The summed E-state index contributed by atoms with van der Waals surface area (Å²) < 4.78 is 37.4. The van der Waals surface area contributed by atoms with Crippen molar-refractivity contribution in [3.8, 4) is 0 Å². The average Bonchev–Trinajstić information content (AvgIpc) is 2.45. The fraction of sp³-hybridized carbons (Fsp3) is 0.600. The van der Waals surface area contributed by atoms with E-state index >= 15 is 0 Å². The summed E-state index contributed by atoms with van der Waals surface area (Å²) in [5, 5.41) is 8.90. The maximum absolute atomic E-state index is 12.5. The first-order valence-corrected chi connectivity index (χ1v) is 7.50. The van der Waals surface area contributed by atoms with Crippen molar-refractivity contribution in [2.24, 2.45) is 5.41 Å². The van der Waals surface area contributed by atoms with Crippen LogP contribution in [0.4, 0.5) is 18.0 Å². The standard InChI is InChI=1S/C15H18F3N3O2/c16-15(17,18)12-2-1-11(7-19-12)8-20-5-3-14(4-6-20)9-21(10-14)13(22)23/h1-2,7H,3-6,8-10H2,(H,22,23). The monoisotopic (exact) mass is 329 g/mol. The van der Waals surface area contributed by atoms with Crippen LogP contribution < -0.4 is 0 Å². The van der Waals surface area contributed by atoms with Gasteiger partial charge in [-0.3, -0.25) is 9.88 Å². The second-order valence-electron chi connectivity index (χ2n) is 6.46. The zero-order valence-electron chi connectivity index (χ0n) is 12.5. The van der Waals surface area contributed by atoms with Crippen molar-refractivity contribution >= 4 is 6.09 Å². The smallest absolute Gasteiger partial charge is 0.433 e. The third kappa shape index (κ3) is 3.41. The van der Waals surface area contributed by atoms with Gasteiger partial charge in [0.25, 0.3) is 0 Å². The van der Waals surface area contributed by atoms with E-state index in [-0.39, 0.29) is 5.41 Å². The van der Waals surface area contributed by atoms with Crippen molar-refractivity contribution < 1.29 is 23.1 Å². The lowest BCUT2D eigenvalue weighted by molar-refractivity contribution is -0.141. The molecule has 2 aliphatic rings. The van der Waals surface area contributed by atoms with Crippen LogP contribution in [0.3, 0.4) is 0 Å². The summed E-state index contributed by atoms with van der Waals surface area (Å²) in [4.78, 5) is 17.9. The SMILES string of the molecule is O=C(O)N1CC2(CCN(Cc3ccc(C(F)(F)F)nc3)CC2)C1. The Hall–Kier alpha value is -1.83. The fourth-order valence-corrected chi connectivity index (χ4v) is 3.34. The van der Waals surface area contributed by atoms with Crippen molar-refractivity contribution in [2.45, 2.75) is 25.6 Å². The number of carboxylic acid groups (broad SMARTS) is 1. The van der Waals surface area contributed by atoms with E-state index in [4.69, 9.17) is 5.11 Å². The van der Waals surface area contributed by atoms with Crippen LogP contribution in [0.25, 0.3) is 0 Å². The first-order valence-electron chi connectivity index (χ1n) is 7.50. The largest absolute Gasteiger partial charge is 0.465 e. The van der Waals surface area contributed by atoms with Gasteiger partial charge in [0, 0.05) is 31.2 Å². The van der Waals surface area contributed by atoms with Gasteiger partial charge in [-0.05, 0) is 37.6 Å². The molecule has 23 heavy (non-hydrogen) atoms. The lowest BCUT2D eigenvalue weighted by atomic mass is 9.72. The molecule has 8 heteroatoms. The molecule has 0 aliphatic carbocycles. The molecule has 5 nitrogen and oxygen atoms in total. The number of hydrogen-bond donors (Lipinski definition) is 1. The topological polar surface area (TPSA) is 56.7 Å². The van der Waals surface area contributed by atoms with E-state index in [0.717, 1.165) is 37.6 Å². The number of carbonyl (C=O) groups is 1. The zero-order valence-corrected chi connectivity index (χ0v) is 12.5. The highest BCUT2D eigenvalue weighted by atomic mass is 19.4. The highest BCUT2D eigenvalue weighted by Gasteiger charge is 2.46. The van der Waals surface area contributed by atoms with Crippen LogP contribution >= 0.6 is 0 Å². The molecule has 3 rings (SSSR count). The summed E-state index contributed by atoms with van der Waals surface area (Å²) in [6.45, 7) is 3.42. The van der Waals surface area contributed by atoms with E-state index in [2.05, 4.69) is 9.88 Å². The number of aromatic nitrogens is 1. The maximum atomic E-state index is 12.5. The first-order chi connectivity index (χ1) is 10.8. The molecule has 1 amide bonds. The van der Waals surface area contributed by atoms with Gasteiger partial charge in [-0.15, -0.1) is 0 Å². The second kappa shape index (κ2) is 5.67. The van der Waals surface area contributed by atoms with Gasteiger partial charge >= 0.3 is 12.3 Å². The predicted molar refractivity (Wildman–Crippen MR) is 75.8 cm³/mol. The van der Waals surface area contributed by atoms with Gasteiger partial charge in [0.15, 0.2) is 0 Å². The van der Waals surface area contributed by atoms with E-state index in [1.165, 1.54) is 17.2 Å². The molecule has 1 spiro atoms. The average molecular weight is 329 g/mol. The highest BCUT2D eigenvalue weighted by Crippen LogP contribution is 2.40. The van der Waals surface area contributed by atoms with Crippen molar-refractivity contribution in [1.29, 1.82) is 0 Å². The summed E-state index contributed by atoms with van der Waals surface area (Å²) in [5.41, 5.74) is -0.00963. The molecule has 1 aromatic rings. The number of piperidine rings is 1. The normalized spacial score (nSPS) is 21.3. The molecule has 1 aromatic heterocycles. The Morgan fingerprint density at radius 2 is 1.91 bits per heavy atom. The number of nitrogens with zero attached hydrogens (tertiary/aromatic N) is 3. The Morgan fingerprint density at radius 3 is 2.39 bits per heavy atom. The van der Waals surface area contributed by atoms with Crippen molar-refractivity contribution in [3.63, 3.8) is 0 Å². The summed E-state index contributed by atoms with van der Waals surface area (Å²) in [5.74, 6) is 0. The second-order valence-corrected chi connectivity index (χ2v) is 6.46. The van der Waals surface area contributed by atoms with Crippen LogP contribution in [0.5, 0.6) is 0 Å². The lowest BCUT2D eigenvalue weighted by Crippen LogP contribution is -2.61. The van der Waals surface area contributed by atoms with Crippen LogP contribution in [-0.4, -0.2) is 52.2 Å². The number of pyridine rings is 1. The minimum Gasteiger partial charge on any atom is -0.465 e. The van der Waals surface area contributed by atoms with Gasteiger partial charge in [-0.25, -0.2) is 4.79 Å². The molecular formula is C15H18F3N3O2. The van der Waals surface area contributed by atoms with Crippen LogP contribution in [0.2, 0.25) is 0 Å². The minimum atomic E-state index is -4.41. The van der Waals surface area contributed by atoms with Crippen LogP contribution in [0, 0.1) is 5.41 Å². The Balaban J connectivity index is 1.51. The number of alkyl halides is 3. The number of hydrogen-bond acceptors (Lipinski definition) is 3. The minimum absolute atomic E-state index is 0.104. The van der Waals surface area contributed by atoms with Gasteiger partial charge in [-0.1, -0.05) is 6.07 Å². The quantitative estimate of drug-likeness (QED) is 0.906. The van der Waals surface area contributed by atoms with Crippen molar-refractivity contribution in [3.05, 3.63) is 29.6 Å². The summed E-state index contributed by atoms with van der Waals surface area (Å²) in [6.07, 6.45) is -2.15. The first kappa shape index (κ1) is 16.0. The Morgan fingerprint density at radius 1 is 1.26 bits per heavy atom. The number of likely N-dealkylation sites (tertiary alicyclic amines) is 2. The summed E-state index contributed by atoms with van der Waals surface area (Å²) in [7, 11) is 0. The van der Waals surface area contributed by atoms with Crippen LogP contribution in [0.15, 0.2) is 18.3 Å². The molecule has 0 bridgehead atoms. The number of rotatable bonds is 2. The van der Waals surface area contributed by atoms with Gasteiger partial charge in [-0.2, -0.15) is 13.2 Å². The molecule has 3 heterocycles. The Bertz CT molecular complexity index is 573. The van der Waals surface area contributed by atoms with Crippen LogP contribution in [-0.2, 0) is 12.7 Å². The molecule has 1 N–H and O–H groups in total. The number of amides is 1. The highest BCUT2D eigenvalue weighted by molar-refractivity contribution is 5.66.